The zero-order chi connectivity index (χ0) is 23.8. The number of carbonyl (C=O) groups is 1. The van der Waals surface area contributed by atoms with Gasteiger partial charge in [-0.25, -0.2) is 13.1 Å². The Labute approximate surface area is 202 Å². The molecule has 9 heteroatoms. The highest BCUT2D eigenvalue weighted by atomic mass is 35.5. The molecule has 2 unspecified atom stereocenters. The van der Waals surface area contributed by atoms with E-state index in [0.717, 1.165) is 28.5 Å². The number of methoxy groups -OCH3 is 1. The Morgan fingerprint density at radius 1 is 1.06 bits per heavy atom. The maximum Gasteiger partial charge on any atom is 0.209 e. The Morgan fingerprint density at radius 3 is 2.52 bits per heavy atom. The van der Waals surface area contributed by atoms with Crippen molar-refractivity contribution in [2.45, 2.75) is 18.8 Å². The number of nitrogens with one attached hydrogen (secondary N) is 1. The molecule has 6 nitrogen and oxygen atoms in total. The average molecular weight is 506 g/mol. The second kappa shape index (κ2) is 9.44. The number of Topliss-reactive ketones (excluding diaryl/α,β-unsaturated/α-hetero) is 1. The summed E-state index contributed by atoms with van der Waals surface area (Å²) in [4.78, 5) is 13.2. The van der Waals surface area contributed by atoms with Crippen molar-refractivity contribution in [1.82, 2.24) is 4.72 Å². The minimum absolute atomic E-state index is 0.193. The van der Waals surface area contributed by atoms with Crippen molar-refractivity contribution in [3.05, 3.63) is 87.4 Å². The molecule has 0 radical (unpaired) electrons. The van der Waals surface area contributed by atoms with Crippen LogP contribution in [0, 0.1) is 0 Å². The number of hydrogen-bond acceptors (Lipinski definition) is 5. The number of hydrogen-bond donors (Lipinski definition) is 1. The lowest BCUT2D eigenvalue weighted by atomic mass is 9.97. The van der Waals surface area contributed by atoms with Crippen LogP contribution in [0.5, 0.6) is 5.75 Å². The summed E-state index contributed by atoms with van der Waals surface area (Å²) in [7, 11) is -1.77. The number of rotatable bonds is 7. The van der Waals surface area contributed by atoms with Crippen LogP contribution in [0.15, 0.2) is 60.7 Å². The lowest BCUT2D eigenvalue weighted by molar-refractivity contribution is 0.0264. The Hall–Kier alpha value is -2.42. The Balaban J connectivity index is 1.61. The van der Waals surface area contributed by atoms with Gasteiger partial charge in [-0.1, -0.05) is 53.5 Å². The second-order valence-corrected chi connectivity index (χ2v) is 10.4. The van der Waals surface area contributed by atoms with E-state index in [2.05, 4.69) is 4.72 Å². The number of halogens is 2. The summed E-state index contributed by atoms with van der Waals surface area (Å²) in [5.74, 6) is 0.248. The summed E-state index contributed by atoms with van der Waals surface area (Å²) >= 11 is 12.2. The summed E-state index contributed by atoms with van der Waals surface area (Å²) in [6.45, 7) is 0.193. The molecule has 3 aromatic rings. The zero-order valence-corrected chi connectivity index (χ0v) is 20.2. The number of sulfonamides is 1. The molecule has 1 heterocycles. The van der Waals surface area contributed by atoms with Crippen molar-refractivity contribution < 1.29 is 22.7 Å². The monoisotopic (exact) mass is 505 g/mol. The Kier molecular flexibility index (Phi) is 6.79. The number of ketones is 1. The van der Waals surface area contributed by atoms with Crippen LogP contribution < -0.4 is 9.46 Å². The number of ether oxygens (including phenoxy) is 2. The van der Waals surface area contributed by atoms with Crippen LogP contribution >= 0.6 is 23.2 Å². The Morgan fingerprint density at radius 2 is 1.82 bits per heavy atom. The van der Waals surface area contributed by atoms with Crippen LogP contribution in [-0.4, -0.2) is 33.7 Å². The number of benzene rings is 3. The Bertz CT molecular complexity index is 1330. The van der Waals surface area contributed by atoms with E-state index in [9.17, 15) is 13.2 Å². The molecule has 1 N–H and O–H groups in total. The van der Waals surface area contributed by atoms with Crippen LogP contribution in [0.4, 0.5) is 0 Å². The molecule has 172 valence electrons. The molecule has 0 fully saturated rings. The van der Waals surface area contributed by atoms with E-state index in [1.165, 1.54) is 13.2 Å². The molecule has 3 aromatic carbocycles. The van der Waals surface area contributed by atoms with E-state index in [-0.39, 0.29) is 17.4 Å². The van der Waals surface area contributed by atoms with Gasteiger partial charge < -0.3 is 9.47 Å². The maximum absolute atomic E-state index is 13.2. The summed E-state index contributed by atoms with van der Waals surface area (Å²) in [6.07, 6.45) is -0.349. The van der Waals surface area contributed by atoms with E-state index < -0.39 is 22.2 Å². The predicted molar refractivity (Wildman–Crippen MR) is 129 cm³/mol. The summed E-state index contributed by atoms with van der Waals surface area (Å²) in [5.41, 5.74) is 3.65. The first-order chi connectivity index (χ1) is 15.7. The first kappa shape index (κ1) is 23.7. The predicted octanol–water partition coefficient (Wildman–Crippen LogP) is 5.04. The van der Waals surface area contributed by atoms with E-state index in [4.69, 9.17) is 32.7 Å². The van der Waals surface area contributed by atoms with Gasteiger partial charge in [-0.15, -0.1) is 0 Å². The molecule has 0 saturated heterocycles. The van der Waals surface area contributed by atoms with E-state index in [0.29, 0.717) is 16.3 Å². The normalized spacial score (nSPS) is 17.5. The van der Waals surface area contributed by atoms with E-state index >= 15 is 0 Å². The van der Waals surface area contributed by atoms with Gasteiger partial charge in [0, 0.05) is 29.8 Å². The van der Waals surface area contributed by atoms with Gasteiger partial charge in [0.15, 0.2) is 6.10 Å². The molecular formula is C24H21Cl2NO5S. The fourth-order valence-electron chi connectivity index (χ4n) is 3.77. The molecule has 0 saturated carbocycles. The molecule has 1 aliphatic rings. The first-order valence-electron chi connectivity index (χ1n) is 10.0. The average Bonchev–Trinajstić information content (AvgIpc) is 3.15. The molecule has 0 aromatic heterocycles. The molecule has 4 rings (SSSR count). The molecule has 0 amide bonds. The van der Waals surface area contributed by atoms with Gasteiger partial charge in [0.05, 0.1) is 11.3 Å². The van der Waals surface area contributed by atoms with Gasteiger partial charge in [0.25, 0.3) is 0 Å². The van der Waals surface area contributed by atoms with Crippen LogP contribution in [0.25, 0.3) is 11.1 Å². The highest BCUT2D eigenvalue weighted by Gasteiger charge is 2.40. The van der Waals surface area contributed by atoms with Crippen LogP contribution in [-0.2, 0) is 21.3 Å². The lowest BCUT2D eigenvalue weighted by Gasteiger charge is -2.17. The molecule has 1 aliphatic heterocycles. The third kappa shape index (κ3) is 5.23. The third-order valence-electron chi connectivity index (χ3n) is 5.36. The summed E-state index contributed by atoms with van der Waals surface area (Å²) < 4.78 is 36.9. The fourth-order valence-corrected chi connectivity index (χ4v) is 4.70. The fraction of sp³-hybridized carbons (Fsp3) is 0.208. The summed E-state index contributed by atoms with van der Waals surface area (Å²) in [5, 5.41) is 0.691. The van der Waals surface area contributed by atoms with Crippen LogP contribution in [0.2, 0.25) is 10.0 Å². The lowest BCUT2D eigenvalue weighted by Crippen LogP contribution is -2.30. The quantitative estimate of drug-likeness (QED) is 0.454. The van der Waals surface area contributed by atoms with Crippen molar-refractivity contribution in [3.63, 3.8) is 0 Å². The van der Waals surface area contributed by atoms with E-state index in [1.54, 1.807) is 12.1 Å². The molecule has 2 atom stereocenters. The van der Waals surface area contributed by atoms with E-state index in [1.807, 2.05) is 42.5 Å². The minimum Gasteiger partial charge on any atom is -0.479 e. The second-order valence-electron chi connectivity index (χ2n) is 7.73. The van der Waals surface area contributed by atoms with Crippen molar-refractivity contribution in [1.29, 1.82) is 0 Å². The number of carbonyl (C=O) groups excluding carboxylic acids is 1. The standard InChI is InChI=1S/C24H21Cl2NO5S/c1-31-23-19-8-6-16(15-5-3-4-14(10-15)13-27-33(2,29)30)11-21(19)32-24(23)22(28)18-9-7-17(25)12-20(18)26/h3-12,23-24,27H,13H2,1-2H3. The highest BCUT2D eigenvalue weighted by molar-refractivity contribution is 7.88. The molecule has 0 aliphatic carbocycles. The van der Waals surface area contributed by atoms with Crippen molar-refractivity contribution in [3.8, 4) is 16.9 Å². The largest absolute Gasteiger partial charge is 0.479 e. The molecule has 33 heavy (non-hydrogen) atoms. The number of fused-ring (bicyclic) bond motifs is 1. The zero-order valence-electron chi connectivity index (χ0n) is 17.8. The molecular weight excluding hydrogens is 485 g/mol. The SMILES string of the molecule is COC1c2ccc(-c3cccc(CNS(C)(=O)=O)c3)cc2OC1C(=O)c1ccc(Cl)cc1Cl. The van der Waals surface area contributed by atoms with Gasteiger partial charge in [-0.3, -0.25) is 4.79 Å². The van der Waals surface area contributed by atoms with Crippen molar-refractivity contribution in [2.75, 3.05) is 13.4 Å². The van der Waals surface area contributed by atoms with Crippen LogP contribution in [0.1, 0.15) is 27.6 Å². The first-order valence-corrected chi connectivity index (χ1v) is 12.7. The smallest absolute Gasteiger partial charge is 0.209 e. The molecule has 0 bridgehead atoms. The van der Waals surface area contributed by atoms with Gasteiger partial charge >= 0.3 is 0 Å². The maximum atomic E-state index is 13.2. The molecule has 0 spiro atoms. The summed E-state index contributed by atoms with van der Waals surface area (Å²) in [6, 6.07) is 17.9. The third-order valence-corrected chi connectivity index (χ3v) is 6.57. The van der Waals surface area contributed by atoms with Gasteiger partial charge in [0.2, 0.25) is 15.8 Å². The minimum atomic E-state index is -3.29. The van der Waals surface area contributed by atoms with Crippen LogP contribution in [0.3, 0.4) is 0 Å². The van der Waals surface area contributed by atoms with Gasteiger partial charge in [-0.05, 0) is 47.0 Å². The van der Waals surface area contributed by atoms with Gasteiger partial charge in [-0.2, -0.15) is 0 Å². The topological polar surface area (TPSA) is 81.7 Å². The van der Waals surface area contributed by atoms with Crippen molar-refractivity contribution in [2.24, 2.45) is 0 Å². The highest BCUT2D eigenvalue weighted by Crippen LogP contribution is 2.42. The van der Waals surface area contributed by atoms with Crippen molar-refractivity contribution >= 4 is 39.0 Å². The van der Waals surface area contributed by atoms with Gasteiger partial charge in [0.1, 0.15) is 11.9 Å².